The molecule has 0 amide bonds. The van der Waals surface area contributed by atoms with E-state index in [9.17, 15) is 0 Å². The summed E-state index contributed by atoms with van der Waals surface area (Å²) in [6.07, 6.45) is 1.57. The molecule has 0 aliphatic carbocycles. The molecule has 0 fully saturated rings. The smallest absolute Gasteiger partial charge is 0.0431 e. The van der Waals surface area contributed by atoms with Crippen LogP contribution in [-0.2, 0) is 0 Å². The van der Waals surface area contributed by atoms with Crippen LogP contribution in [0.3, 0.4) is 0 Å². The van der Waals surface area contributed by atoms with Gasteiger partial charge in [-0.25, -0.2) is 0 Å². The van der Waals surface area contributed by atoms with E-state index in [0.29, 0.717) is 0 Å². The molecule has 0 aromatic heterocycles. The molecule has 3 N–H and O–H groups in total. The summed E-state index contributed by atoms with van der Waals surface area (Å²) in [5.74, 6) is 0. The Hall–Kier alpha value is -0.380. The highest BCUT2D eigenvalue weighted by Crippen LogP contribution is 2.25. The first-order valence-electron chi connectivity index (χ1n) is 4.77. The molecule has 0 unspecified atom stereocenters. The summed E-state index contributed by atoms with van der Waals surface area (Å²) in [6, 6.07) is 6.17. The Morgan fingerprint density at radius 1 is 1.50 bits per heavy atom. The summed E-state index contributed by atoms with van der Waals surface area (Å²) in [6.45, 7) is 2.25. The van der Waals surface area contributed by atoms with Crippen LogP contribution in [0.1, 0.15) is 30.0 Å². The highest BCUT2D eigenvalue weighted by molar-refractivity contribution is 9.10. The zero-order valence-electron chi connectivity index (χ0n) is 8.33. The molecule has 1 aromatic carbocycles. The maximum absolute atomic E-state index is 8.71. The van der Waals surface area contributed by atoms with Crippen LogP contribution >= 0.6 is 15.9 Å². The van der Waals surface area contributed by atoms with Crippen LogP contribution in [0.2, 0.25) is 0 Å². The number of rotatable bonds is 4. The summed E-state index contributed by atoms with van der Waals surface area (Å²) in [7, 11) is 0. The van der Waals surface area contributed by atoms with Crippen LogP contribution in [-0.4, -0.2) is 11.7 Å². The molecule has 14 heavy (non-hydrogen) atoms. The highest BCUT2D eigenvalue weighted by atomic mass is 79.9. The van der Waals surface area contributed by atoms with E-state index < -0.39 is 0 Å². The number of aryl methyl sites for hydroxylation is 1. The lowest BCUT2D eigenvalue weighted by molar-refractivity contribution is 0.280. The molecule has 78 valence electrons. The van der Waals surface area contributed by atoms with Crippen LogP contribution in [0.4, 0.5) is 0 Å². The molecule has 0 aliphatic rings. The van der Waals surface area contributed by atoms with Crippen molar-refractivity contribution >= 4 is 15.9 Å². The number of halogens is 1. The first-order chi connectivity index (χ1) is 6.65. The standard InChI is InChI=1S/C11H16BrNO/c1-8-4-5-9(10(12)7-8)11(13)3-2-6-14/h4-5,7,11,14H,2-3,6,13H2,1H3/t11-/m0/s1. The van der Waals surface area contributed by atoms with Gasteiger partial charge in [-0.2, -0.15) is 0 Å². The van der Waals surface area contributed by atoms with E-state index in [1.54, 1.807) is 0 Å². The largest absolute Gasteiger partial charge is 0.396 e. The van der Waals surface area contributed by atoms with Gasteiger partial charge in [-0.1, -0.05) is 28.1 Å². The van der Waals surface area contributed by atoms with Gasteiger partial charge in [-0.3, -0.25) is 0 Å². The van der Waals surface area contributed by atoms with Gasteiger partial charge < -0.3 is 10.8 Å². The fraction of sp³-hybridized carbons (Fsp3) is 0.455. The third kappa shape index (κ3) is 3.08. The summed E-state index contributed by atoms with van der Waals surface area (Å²) in [4.78, 5) is 0. The second kappa shape index (κ2) is 5.49. The van der Waals surface area contributed by atoms with E-state index in [2.05, 4.69) is 28.1 Å². The number of aliphatic hydroxyl groups excluding tert-OH is 1. The maximum atomic E-state index is 8.71. The molecular weight excluding hydrogens is 242 g/mol. The summed E-state index contributed by atoms with van der Waals surface area (Å²) >= 11 is 3.50. The number of nitrogens with two attached hydrogens (primary N) is 1. The van der Waals surface area contributed by atoms with Gasteiger partial charge in [0.15, 0.2) is 0 Å². The average molecular weight is 258 g/mol. The lowest BCUT2D eigenvalue weighted by Crippen LogP contribution is -2.11. The average Bonchev–Trinajstić information content (AvgIpc) is 2.14. The highest BCUT2D eigenvalue weighted by Gasteiger charge is 2.08. The van der Waals surface area contributed by atoms with Crippen molar-refractivity contribution in [2.24, 2.45) is 5.73 Å². The first kappa shape index (κ1) is 11.7. The van der Waals surface area contributed by atoms with Crippen LogP contribution in [0.5, 0.6) is 0 Å². The minimum absolute atomic E-state index is 0.0112. The van der Waals surface area contributed by atoms with Gasteiger partial charge >= 0.3 is 0 Å². The lowest BCUT2D eigenvalue weighted by atomic mass is 10.0. The molecule has 1 aromatic rings. The van der Waals surface area contributed by atoms with Crippen LogP contribution in [0.25, 0.3) is 0 Å². The molecule has 0 spiro atoms. The lowest BCUT2D eigenvalue weighted by Gasteiger charge is -2.13. The van der Waals surface area contributed by atoms with E-state index >= 15 is 0 Å². The Bertz CT molecular complexity index is 301. The van der Waals surface area contributed by atoms with Crippen molar-refractivity contribution in [1.29, 1.82) is 0 Å². The summed E-state index contributed by atoms with van der Waals surface area (Å²) < 4.78 is 1.06. The van der Waals surface area contributed by atoms with E-state index in [1.165, 1.54) is 5.56 Å². The molecule has 0 bridgehead atoms. The third-order valence-corrected chi connectivity index (χ3v) is 2.92. The Morgan fingerprint density at radius 3 is 2.79 bits per heavy atom. The van der Waals surface area contributed by atoms with Crippen LogP contribution in [0, 0.1) is 6.92 Å². The topological polar surface area (TPSA) is 46.2 Å². The van der Waals surface area contributed by atoms with Crippen molar-refractivity contribution in [2.45, 2.75) is 25.8 Å². The number of benzene rings is 1. The zero-order valence-corrected chi connectivity index (χ0v) is 9.92. The molecule has 0 saturated carbocycles. The van der Waals surface area contributed by atoms with E-state index in [-0.39, 0.29) is 12.6 Å². The normalized spacial score (nSPS) is 12.9. The fourth-order valence-corrected chi connectivity index (χ4v) is 2.19. The van der Waals surface area contributed by atoms with E-state index in [1.807, 2.05) is 13.0 Å². The summed E-state index contributed by atoms with van der Waals surface area (Å²) in [5, 5.41) is 8.71. The zero-order chi connectivity index (χ0) is 10.6. The van der Waals surface area contributed by atoms with Crippen molar-refractivity contribution in [3.8, 4) is 0 Å². The molecule has 2 nitrogen and oxygen atoms in total. The van der Waals surface area contributed by atoms with Crippen molar-refractivity contribution in [2.75, 3.05) is 6.61 Å². The monoisotopic (exact) mass is 257 g/mol. The van der Waals surface area contributed by atoms with Gasteiger partial charge in [0.2, 0.25) is 0 Å². The molecule has 0 aliphatic heterocycles. The van der Waals surface area contributed by atoms with Gasteiger partial charge in [0, 0.05) is 17.1 Å². The minimum atomic E-state index is 0.0112. The fourth-order valence-electron chi connectivity index (χ4n) is 1.40. The van der Waals surface area contributed by atoms with Gasteiger partial charge in [-0.15, -0.1) is 0 Å². The first-order valence-corrected chi connectivity index (χ1v) is 5.57. The Balaban J connectivity index is 2.74. The van der Waals surface area contributed by atoms with E-state index in [4.69, 9.17) is 10.8 Å². The molecule has 1 rings (SSSR count). The van der Waals surface area contributed by atoms with Crippen LogP contribution < -0.4 is 5.73 Å². The number of aliphatic hydroxyl groups is 1. The molecule has 3 heteroatoms. The molecule has 1 atom stereocenters. The summed E-state index contributed by atoms with van der Waals surface area (Å²) in [5.41, 5.74) is 8.32. The van der Waals surface area contributed by atoms with Crippen molar-refractivity contribution in [3.05, 3.63) is 33.8 Å². The van der Waals surface area contributed by atoms with Gasteiger partial charge in [0.25, 0.3) is 0 Å². The van der Waals surface area contributed by atoms with Gasteiger partial charge in [0.1, 0.15) is 0 Å². The number of hydrogen-bond acceptors (Lipinski definition) is 2. The van der Waals surface area contributed by atoms with Gasteiger partial charge in [-0.05, 0) is 37.0 Å². The molecule has 0 saturated heterocycles. The number of hydrogen-bond donors (Lipinski definition) is 2. The van der Waals surface area contributed by atoms with Crippen molar-refractivity contribution < 1.29 is 5.11 Å². The molecule has 0 radical (unpaired) electrons. The predicted molar refractivity (Wildman–Crippen MR) is 62.1 cm³/mol. The maximum Gasteiger partial charge on any atom is 0.0431 e. The minimum Gasteiger partial charge on any atom is -0.396 e. The second-order valence-electron chi connectivity index (χ2n) is 3.50. The quantitative estimate of drug-likeness (QED) is 0.871. The van der Waals surface area contributed by atoms with Gasteiger partial charge in [0.05, 0.1) is 0 Å². The van der Waals surface area contributed by atoms with Crippen LogP contribution in [0.15, 0.2) is 22.7 Å². The Kier molecular flexibility index (Phi) is 4.58. The van der Waals surface area contributed by atoms with Crippen molar-refractivity contribution in [3.63, 3.8) is 0 Å². The van der Waals surface area contributed by atoms with E-state index in [0.717, 1.165) is 22.9 Å². The second-order valence-corrected chi connectivity index (χ2v) is 4.35. The molecule has 0 heterocycles. The van der Waals surface area contributed by atoms with Crippen molar-refractivity contribution in [1.82, 2.24) is 0 Å². The Morgan fingerprint density at radius 2 is 2.21 bits per heavy atom. The third-order valence-electron chi connectivity index (χ3n) is 2.23. The SMILES string of the molecule is Cc1ccc([C@@H](N)CCCO)c(Br)c1. The molecular formula is C11H16BrNO. The predicted octanol–water partition coefficient (Wildman–Crippen LogP) is 2.53. The Labute approximate surface area is 93.3 Å².